The standard InChI is InChI=1S/C30H32BrN3O5S/c1-6-39-29(36)26-18(3)32-30-34(27(26)21-15-23(37-4)24(38-5)16-22(21)31)28(35)25(40-30)14-19-9-10-20(13-17(19)2)33-11-7-8-12-33/h9-10,13-16,27H,6-8,11-12H2,1-5H3/b25-14+/t27-/m1/s1. The van der Waals surface area contributed by atoms with Crippen molar-refractivity contribution < 1.29 is 19.0 Å². The molecule has 1 aromatic heterocycles. The van der Waals surface area contributed by atoms with Crippen molar-refractivity contribution in [3.63, 3.8) is 0 Å². The summed E-state index contributed by atoms with van der Waals surface area (Å²) in [6, 6.07) is 9.15. The number of rotatable bonds is 7. The number of nitrogens with zero attached hydrogens (tertiary/aromatic N) is 3. The number of allylic oxidation sites excluding steroid dienone is 1. The Labute approximate surface area is 245 Å². The molecule has 2 aliphatic rings. The zero-order valence-corrected chi connectivity index (χ0v) is 25.6. The molecule has 5 rings (SSSR count). The van der Waals surface area contributed by atoms with Gasteiger partial charge < -0.3 is 19.1 Å². The number of esters is 1. The van der Waals surface area contributed by atoms with Crippen LogP contribution in [0.15, 0.2) is 55.9 Å². The molecule has 1 atom stereocenters. The zero-order valence-electron chi connectivity index (χ0n) is 23.2. The predicted octanol–water partition coefficient (Wildman–Crippen LogP) is 4.49. The Kier molecular flexibility index (Phi) is 8.19. The van der Waals surface area contributed by atoms with E-state index in [1.54, 1.807) is 44.8 Å². The lowest BCUT2D eigenvalue weighted by Gasteiger charge is -2.26. The van der Waals surface area contributed by atoms with Crippen molar-refractivity contribution in [2.75, 3.05) is 38.8 Å². The van der Waals surface area contributed by atoms with Crippen molar-refractivity contribution in [1.29, 1.82) is 0 Å². The number of aryl methyl sites for hydroxylation is 1. The fourth-order valence-electron chi connectivity index (χ4n) is 5.30. The van der Waals surface area contributed by atoms with Gasteiger partial charge in [0.25, 0.3) is 5.56 Å². The normalized spacial score (nSPS) is 17.1. The fourth-order valence-corrected chi connectivity index (χ4v) is 6.88. The Morgan fingerprint density at radius 2 is 1.82 bits per heavy atom. The van der Waals surface area contributed by atoms with E-state index in [2.05, 4.69) is 50.9 Å². The highest BCUT2D eigenvalue weighted by Gasteiger charge is 2.35. The third-order valence-corrected chi connectivity index (χ3v) is 9.00. The Morgan fingerprint density at radius 3 is 2.48 bits per heavy atom. The average molecular weight is 627 g/mol. The van der Waals surface area contributed by atoms with Crippen LogP contribution in [0.5, 0.6) is 11.5 Å². The molecule has 3 aromatic rings. The number of halogens is 1. The number of ether oxygens (including phenoxy) is 3. The molecule has 2 aliphatic heterocycles. The molecule has 0 amide bonds. The van der Waals surface area contributed by atoms with Crippen molar-refractivity contribution in [3.8, 4) is 11.5 Å². The van der Waals surface area contributed by atoms with Crippen LogP contribution in [-0.2, 0) is 9.53 Å². The van der Waals surface area contributed by atoms with Crippen LogP contribution in [0.1, 0.15) is 49.4 Å². The Morgan fingerprint density at radius 1 is 1.12 bits per heavy atom. The molecule has 10 heteroatoms. The summed E-state index contributed by atoms with van der Waals surface area (Å²) in [6.45, 7) is 7.94. The number of carbonyl (C=O) groups excluding carboxylic acids is 1. The summed E-state index contributed by atoms with van der Waals surface area (Å²) in [5, 5.41) is 0. The first-order valence-electron chi connectivity index (χ1n) is 13.2. The van der Waals surface area contributed by atoms with E-state index in [4.69, 9.17) is 14.2 Å². The summed E-state index contributed by atoms with van der Waals surface area (Å²) >= 11 is 4.95. The molecule has 2 aromatic carbocycles. The smallest absolute Gasteiger partial charge is 0.338 e. The number of hydrogen-bond acceptors (Lipinski definition) is 8. The molecule has 210 valence electrons. The molecular formula is C30H32BrN3O5S. The van der Waals surface area contributed by atoms with E-state index < -0.39 is 12.0 Å². The van der Waals surface area contributed by atoms with Gasteiger partial charge in [-0.15, -0.1) is 0 Å². The molecular weight excluding hydrogens is 594 g/mol. The third-order valence-electron chi connectivity index (χ3n) is 7.33. The summed E-state index contributed by atoms with van der Waals surface area (Å²) in [4.78, 5) is 34.9. The molecule has 8 nitrogen and oxygen atoms in total. The number of thiazole rings is 1. The fraction of sp³-hybridized carbons (Fsp3) is 0.367. The second-order valence-corrected chi connectivity index (χ2v) is 11.6. The summed E-state index contributed by atoms with van der Waals surface area (Å²) in [5.74, 6) is 0.490. The first-order chi connectivity index (χ1) is 19.3. The van der Waals surface area contributed by atoms with E-state index in [-0.39, 0.29) is 12.2 Å². The van der Waals surface area contributed by atoms with Crippen molar-refractivity contribution in [2.24, 2.45) is 4.99 Å². The molecule has 40 heavy (non-hydrogen) atoms. The number of benzene rings is 2. The van der Waals surface area contributed by atoms with Crippen molar-refractivity contribution in [1.82, 2.24) is 4.57 Å². The molecule has 0 radical (unpaired) electrons. The van der Waals surface area contributed by atoms with Gasteiger partial charge >= 0.3 is 5.97 Å². The largest absolute Gasteiger partial charge is 0.493 e. The van der Waals surface area contributed by atoms with Crippen LogP contribution in [0, 0.1) is 6.92 Å². The lowest BCUT2D eigenvalue weighted by molar-refractivity contribution is -0.139. The number of anilines is 1. The average Bonchev–Trinajstić information content (AvgIpc) is 3.57. The van der Waals surface area contributed by atoms with Crippen LogP contribution in [0.2, 0.25) is 0 Å². The highest BCUT2D eigenvalue weighted by Crippen LogP contribution is 2.40. The molecule has 0 spiro atoms. The van der Waals surface area contributed by atoms with E-state index >= 15 is 0 Å². The molecule has 0 unspecified atom stereocenters. The maximum atomic E-state index is 14.0. The van der Waals surface area contributed by atoms with Gasteiger partial charge in [-0.05, 0) is 80.6 Å². The predicted molar refractivity (Wildman–Crippen MR) is 160 cm³/mol. The molecule has 0 N–H and O–H groups in total. The van der Waals surface area contributed by atoms with Crippen molar-refractivity contribution in [2.45, 2.75) is 39.7 Å². The number of hydrogen-bond donors (Lipinski definition) is 0. The SMILES string of the molecule is CCOC(=O)C1=C(C)N=c2s/c(=C/c3ccc(N4CCCC4)cc3C)c(=O)n2[C@@H]1c1cc(OC)c(OC)cc1Br. The minimum Gasteiger partial charge on any atom is -0.493 e. The number of aromatic nitrogens is 1. The van der Waals surface area contributed by atoms with Gasteiger partial charge in [0, 0.05) is 23.2 Å². The van der Waals surface area contributed by atoms with Gasteiger partial charge in [0.15, 0.2) is 16.3 Å². The second-order valence-electron chi connectivity index (χ2n) is 9.77. The van der Waals surface area contributed by atoms with Crippen LogP contribution in [0.4, 0.5) is 5.69 Å². The quantitative estimate of drug-likeness (QED) is 0.360. The van der Waals surface area contributed by atoms with Crippen LogP contribution in [0.25, 0.3) is 6.08 Å². The number of methoxy groups -OCH3 is 2. The first kappa shape index (κ1) is 28.2. The van der Waals surface area contributed by atoms with E-state index in [1.807, 2.05) is 6.08 Å². The van der Waals surface area contributed by atoms with Crippen LogP contribution in [0.3, 0.4) is 0 Å². The van der Waals surface area contributed by atoms with Crippen LogP contribution in [-0.4, -0.2) is 44.5 Å². The number of carbonyl (C=O) groups is 1. The molecule has 0 aliphatic carbocycles. The first-order valence-corrected chi connectivity index (χ1v) is 14.8. The zero-order chi connectivity index (χ0) is 28.6. The molecule has 0 bridgehead atoms. The van der Waals surface area contributed by atoms with Gasteiger partial charge in [0.05, 0.1) is 42.7 Å². The van der Waals surface area contributed by atoms with Gasteiger partial charge in [-0.2, -0.15) is 0 Å². The van der Waals surface area contributed by atoms with E-state index in [0.717, 1.165) is 24.2 Å². The molecule has 3 heterocycles. The molecule has 1 saturated heterocycles. The van der Waals surface area contributed by atoms with Crippen molar-refractivity contribution in [3.05, 3.63) is 82.5 Å². The Hall–Kier alpha value is -3.37. The van der Waals surface area contributed by atoms with Crippen LogP contribution < -0.4 is 29.3 Å². The van der Waals surface area contributed by atoms with E-state index in [0.29, 0.717) is 42.1 Å². The van der Waals surface area contributed by atoms with Gasteiger partial charge in [-0.3, -0.25) is 9.36 Å². The second kappa shape index (κ2) is 11.6. The van der Waals surface area contributed by atoms with Gasteiger partial charge in [-0.25, -0.2) is 9.79 Å². The highest BCUT2D eigenvalue weighted by atomic mass is 79.9. The highest BCUT2D eigenvalue weighted by molar-refractivity contribution is 9.10. The van der Waals surface area contributed by atoms with Gasteiger partial charge in [0.1, 0.15) is 0 Å². The van der Waals surface area contributed by atoms with Crippen molar-refractivity contribution >= 4 is 45.0 Å². The summed E-state index contributed by atoms with van der Waals surface area (Å²) in [7, 11) is 3.10. The monoisotopic (exact) mass is 625 g/mol. The maximum Gasteiger partial charge on any atom is 0.338 e. The Bertz CT molecular complexity index is 1680. The summed E-state index contributed by atoms with van der Waals surface area (Å²) in [5.41, 5.74) is 4.52. The topological polar surface area (TPSA) is 82.4 Å². The van der Waals surface area contributed by atoms with Crippen LogP contribution >= 0.6 is 27.3 Å². The lowest BCUT2D eigenvalue weighted by atomic mass is 9.95. The van der Waals surface area contributed by atoms with Gasteiger partial charge in [-0.1, -0.05) is 33.3 Å². The van der Waals surface area contributed by atoms with E-state index in [9.17, 15) is 9.59 Å². The maximum absolute atomic E-state index is 14.0. The third kappa shape index (κ3) is 5.10. The number of fused-ring (bicyclic) bond motifs is 1. The van der Waals surface area contributed by atoms with E-state index in [1.165, 1.54) is 29.9 Å². The summed E-state index contributed by atoms with van der Waals surface area (Å²) < 4.78 is 19.2. The van der Waals surface area contributed by atoms with Gasteiger partial charge in [0.2, 0.25) is 0 Å². The minimum absolute atomic E-state index is 0.201. The molecule has 1 fully saturated rings. The Balaban J connectivity index is 1.69. The minimum atomic E-state index is -0.773. The lowest BCUT2D eigenvalue weighted by Crippen LogP contribution is -2.40. The molecule has 0 saturated carbocycles. The summed E-state index contributed by atoms with van der Waals surface area (Å²) in [6.07, 6.45) is 4.34.